The summed E-state index contributed by atoms with van der Waals surface area (Å²) in [6.45, 7) is 14.9. The van der Waals surface area contributed by atoms with Gasteiger partial charge in [-0.3, -0.25) is 0 Å². The predicted molar refractivity (Wildman–Crippen MR) is 153 cm³/mol. The lowest BCUT2D eigenvalue weighted by molar-refractivity contribution is -0.132. The van der Waals surface area contributed by atoms with Crippen LogP contribution in [0.2, 0.25) is 0 Å². The first-order chi connectivity index (χ1) is 17.0. The topological polar surface area (TPSA) is 61.1 Å². The third kappa shape index (κ3) is 11.7. The van der Waals surface area contributed by atoms with Crippen LogP contribution in [0.4, 0.5) is 0 Å². The number of carboxylic acids is 1. The van der Waals surface area contributed by atoms with E-state index >= 15 is 0 Å². The van der Waals surface area contributed by atoms with Crippen molar-refractivity contribution in [3.05, 3.63) is 118 Å². The number of carboxylic acid groups (broad SMARTS) is 1. The van der Waals surface area contributed by atoms with E-state index in [1.807, 2.05) is 37.3 Å². The molecule has 36 heavy (non-hydrogen) atoms. The largest absolute Gasteiger partial charge is 0.477 e. The van der Waals surface area contributed by atoms with Gasteiger partial charge in [-0.2, -0.15) is 5.26 Å². The fourth-order valence-electron chi connectivity index (χ4n) is 3.93. The zero-order valence-corrected chi connectivity index (χ0v) is 22.9. The van der Waals surface area contributed by atoms with Crippen LogP contribution >= 0.6 is 0 Å². The second-order valence-electron chi connectivity index (χ2n) is 9.99. The third-order valence-corrected chi connectivity index (χ3v) is 6.04. The SMILES string of the molecule is CC1=C(/C=C/C(C)=C/C=C/C(C)=C/C=C/C=C(C)/C=C/C=C(C)/C=C(\C#N)C(=O)O)C(C)(C)CCC1. The minimum atomic E-state index is -1.22. The predicted octanol–water partition coefficient (Wildman–Crippen LogP) is 9.06. The molecule has 0 unspecified atom stereocenters. The van der Waals surface area contributed by atoms with Gasteiger partial charge in [0.2, 0.25) is 0 Å². The van der Waals surface area contributed by atoms with Gasteiger partial charge in [0.05, 0.1) is 0 Å². The first-order valence-electron chi connectivity index (χ1n) is 12.4. The number of hydrogen-bond acceptors (Lipinski definition) is 2. The highest BCUT2D eigenvalue weighted by Crippen LogP contribution is 2.40. The van der Waals surface area contributed by atoms with Crippen molar-refractivity contribution in [1.29, 1.82) is 5.26 Å². The number of rotatable bonds is 10. The molecule has 0 amide bonds. The molecule has 0 aromatic heterocycles. The quantitative estimate of drug-likeness (QED) is 0.191. The highest BCUT2D eigenvalue weighted by molar-refractivity contribution is 5.91. The molecule has 0 heterocycles. The van der Waals surface area contributed by atoms with E-state index in [2.05, 4.69) is 71.1 Å². The van der Waals surface area contributed by atoms with Crippen LogP contribution in [0.1, 0.15) is 67.7 Å². The Morgan fingerprint density at radius 1 is 0.861 bits per heavy atom. The Bertz CT molecular complexity index is 1150. The highest BCUT2D eigenvalue weighted by Gasteiger charge is 2.26. The van der Waals surface area contributed by atoms with E-state index in [9.17, 15) is 4.79 Å². The van der Waals surface area contributed by atoms with E-state index in [-0.39, 0.29) is 11.0 Å². The maximum absolute atomic E-state index is 10.9. The third-order valence-electron chi connectivity index (χ3n) is 6.04. The van der Waals surface area contributed by atoms with Crippen molar-refractivity contribution in [2.24, 2.45) is 5.41 Å². The summed E-state index contributed by atoms with van der Waals surface area (Å²) in [6.07, 6.45) is 29.5. The van der Waals surface area contributed by atoms with Gasteiger partial charge >= 0.3 is 5.97 Å². The number of carbonyl (C=O) groups is 1. The van der Waals surface area contributed by atoms with E-state index < -0.39 is 5.97 Å². The van der Waals surface area contributed by atoms with E-state index in [0.29, 0.717) is 5.57 Å². The lowest BCUT2D eigenvalue weighted by Crippen LogP contribution is -2.19. The average molecular weight is 484 g/mol. The number of aliphatic carboxylic acids is 1. The van der Waals surface area contributed by atoms with Crippen LogP contribution in [0, 0.1) is 16.7 Å². The minimum absolute atomic E-state index is 0.264. The molecule has 3 heteroatoms. The lowest BCUT2D eigenvalue weighted by atomic mass is 9.72. The Kier molecular flexibility index (Phi) is 13.0. The Hall–Kier alpha value is -3.64. The van der Waals surface area contributed by atoms with Gasteiger partial charge in [0.15, 0.2) is 0 Å². The van der Waals surface area contributed by atoms with Gasteiger partial charge in [0, 0.05) is 0 Å². The molecule has 0 saturated carbocycles. The second kappa shape index (κ2) is 15.4. The Morgan fingerprint density at radius 3 is 1.86 bits per heavy atom. The standard InChI is InChI=1S/C33H41NO2/c1-25(15-10-17-27(3)20-21-31-29(5)19-12-22-33(31,6)7)13-8-9-14-26(2)16-11-18-28(4)23-30(24-34)32(35)36/h8-11,13-18,20-21,23H,12,19,22H2,1-7H3,(H,35,36)/b9-8+,15-10+,16-11+,21-20+,25-13+,26-14+,27-17+,28-18+,30-23+. The molecule has 1 N–H and O–H groups in total. The summed E-state index contributed by atoms with van der Waals surface area (Å²) in [7, 11) is 0. The molecule has 190 valence electrons. The fourth-order valence-corrected chi connectivity index (χ4v) is 3.93. The van der Waals surface area contributed by atoms with E-state index in [4.69, 9.17) is 10.4 Å². The van der Waals surface area contributed by atoms with Crippen LogP contribution in [-0.2, 0) is 4.79 Å². The monoisotopic (exact) mass is 483 g/mol. The Balaban J connectivity index is 2.68. The van der Waals surface area contributed by atoms with Crippen molar-refractivity contribution in [3.63, 3.8) is 0 Å². The van der Waals surface area contributed by atoms with E-state index in [0.717, 1.165) is 11.1 Å². The molecule has 0 aromatic rings. The molecule has 0 saturated heterocycles. The molecule has 1 aliphatic carbocycles. The summed E-state index contributed by atoms with van der Waals surface area (Å²) in [5.41, 5.74) is 7.13. The summed E-state index contributed by atoms with van der Waals surface area (Å²) in [6, 6.07) is 1.67. The highest BCUT2D eigenvalue weighted by atomic mass is 16.4. The molecule has 0 spiro atoms. The molecule has 3 nitrogen and oxygen atoms in total. The van der Waals surface area contributed by atoms with Crippen LogP contribution in [0.3, 0.4) is 0 Å². The summed E-state index contributed by atoms with van der Waals surface area (Å²) in [5, 5.41) is 17.7. The van der Waals surface area contributed by atoms with Gasteiger partial charge in [-0.1, -0.05) is 109 Å². The molecule has 0 fully saturated rings. The van der Waals surface area contributed by atoms with Gasteiger partial charge in [-0.25, -0.2) is 4.79 Å². The minimum Gasteiger partial charge on any atom is -0.477 e. The fraction of sp³-hybridized carbons (Fsp3) is 0.333. The first kappa shape index (κ1) is 30.4. The summed E-state index contributed by atoms with van der Waals surface area (Å²) in [5.74, 6) is -1.22. The molecule has 0 aliphatic heterocycles. The number of nitrogens with zero attached hydrogens (tertiary/aromatic N) is 1. The zero-order valence-electron chi connectivity index (χ0n) is 22.9. The van der Waals surface area contributed by atoms with Crippen LogP contribution in [0.25, 0.3) is 0 Å². The maximum Gasteiger partial charge on any atom is 0.346 e. The molecule has 0 radical (unpaired) electrons. The zero-order chi connectivity index (χ0) is 27.1. The van der Waals surface area contributed by atoms with Crippen molar-refractivity contribution in [3.8, 4) is 6.07 Å². The Labute approximate surface area is 218 Å². The van der Waals surface area contributed by atoms with Gasteiger partial charge < -0.3 is 5.11 Å². The smallest absolute Gasteiger partial charge is 0.346 e. The van der Waals surface area contributed by atoms with Gasteiger partial charge in [-0.15, -0.1) is 0 Å². The lowest BCUT2D eigenvalue weighted by Gasteiger charge is -2.32. The van der Waals surface area contributed by atoms with Crippen LogP contribution in [0.5, 0.6) is 0 Å². The molecule has 0 atom stereocenters. The van der Waals surface area contributed by atoms with Gasteiger partial charge in [-0.05, 0) is 76.5 Å². The number of allylic oxidation sites excluding steroid dienone is 19. The van der Waals surface area contributed by atoms with Crippen LogP contribution in [-0.4, -0.2) is 11.1 Å². The van der Waals surface area contributed by atoms with E-state index in [1.165, 1.54) is 42.1 Å². The van der Waals surface area contributed by atoms with Crippen molar-refractivity contribution in [2.75, 3.05) is 0 Å². The first-order valence-corrected chi connectivity index (χ1v) is 12.4. The molecular weight excluding hydrogens is 442 g/mol. The van der Waals surface area contributed by atoms with Crippen LogP contribution < -0.4 is 0 Å². The van der Waals surface area contributed by atoms with Crippen molar-refractivity contribution >= 4 is 5.97 Å². The maximum atomic E-state index is 10.9. The van der Waals surface area contributed by atoms with Crippen molar-refractivity contribution < 1.29 is 9.90 Å². The van der Waals surface area contributed by atoms with Crippen LogP contribution in [0.15, 0.2) is 118 Å². The molecular formula is C33H41NO2. The molecule has 0 bridgehead atoms. The Morgan fingerprint density at radius 2 is 1.36 bits per heavy atom. The average Bonchev–Trinajstić information content (AvgIpc) is 2.79. The summed E-state index contributed by atoms with van der Waals surface area (Å²) >= 11 is 0. The van der Waals surface area contributed by atoms with Gasteiger partial charge in [0.25, 0.3) is 0 Å². The van der Waals surface area contributed by atoms with Crippen molar-refractivity contribution in [2.45, 2.75) is 67.7 Å². The number of hydrogen-bond donors (Lipinski definition) is 1. The molecule has 1 aliphatic rings. The number of nitriles is 1. The van der Waals surface area contributed by atoms with E-state index in [1.54, 1.807) is 19.1 Å². The summed E-state index contributed by atoms with van der Waals surface area (Å²) in [4.78, 5) is 10.9. The second-order valence-corrected chi connectivity index (χ2v) is 9.99. The molecule has 1 rings (SSSR count). The normalized spacial score (nSPS) is 18.8. The molecule has 0 aromatic carbocycles. The van der Waals surface area contributed by atoms with Gasteiger partial charge in [0.1, 0.15) is 11.6 Å². The summed E-state index contributed by atoms with van der Waals surface area (Å²) < 4.78 is 0. The van der Waals surface area contributed by atoms with Crippen molar-refractivity contribution in [1.82, 2.24) is 0 Å².